The van der Waals surface area contributed by atoms with Gasteiger partial charge in [-0.3, -0.25) is 4.79 Å². The second-order valence-corrected chi connectivity index (χ2v) is 5.43. The Balaban J connectivity index is 1.57. The number of aromatic nitrogens is 2. The molecule has 5 nitrogen and oxygen atoms in total. The maximum absolute atomic E-state index is 12.4. The zero-order valence-electron chi connectivity index (χ0n) is 12.4. The summed E-state index contributed by atoms with van der Waals surface area (Å²) in [6.45, 7) is 1.42. The van der Waals surface area contributed by atoms with Crippen LogP contribution >= 0.6 is 0 Å². The van der Waals surface area contributed by atoms with E-state index in [1.54, 1.807) is 12.3 Å². The van der Waals surface area contributed by atoms with E-state index in [-0.39, 0.29) is 12.0 Å². The van der Waals surface area contributed by atoms with Crippen molar-refractivity contribution in [2.45, 2.75) is 25.4 Å². The largest absolute Gasteiger partial charge is 0.472 e. The molecule has 0 unspecified atom stereocenters. The molecule has 1 aromatic heterocycles. The second kappa shape index (κ2) is 7.02. The van der Waals surface area contributed by atoms with Crippen LogP contribution in [0.15, 0.2) is 48.9 Å². The summed E-state index contributed by atoms with van der Waals surface area (Å²) in [6.07, 6.45) is 5.47. The van der Waals surface area contributed by atoms with Crippen molar-refractivity contribution >= 4 is 5.91 Å². The highest BCUT2D eigenvalue weighted by molar-refractivity contribution is 5.78. The predicted octanol–water partition coefficient (Wildman–Crippen LogP) is 2.09. The molecule has 1 aliphatic rings. The summed E-state index contributed by atoms with van der Waals surface area (Å²) in [4.78, 5) is 22.2. The first kappa shape index (κ1) is 14.5. The van der Waals surface area contributed by atoms with E-state index in [1.165, 1.54) is 6.33 Å². The fourth-order valence-electron chi connectivity index (χ4n) is 2.66. The molecule has 1 aliphatic heterocycles. The van der Waals surface area contributed by atoms with Gasteiger partial charge in [0.2, 0.25) is 11.8 Å². The molecule has 1 fully saturated rings. The Labute approximate surface area is 130 Å². The molecule has 3 rings (SSSR count). The van der Waals surface area contributed by atoms with Crippen LogP contribution in [0.4, 0.5) is 0 Å². The minimum Gasteiger partial charge on any atom is -0.472 e. The first-order valence-electron chi connectivity index (χ1n) is 7.55. The van der Waals surface area contributed by atoms with E-state index >= 15 is 0 Å². The van der Waals surface area contributed by atoms with Gasteiger partial charge in [-0.25, -0.2) is 9.97 Å². The number of likely N-dealkylation sites (tertiary alicyclic amines) is 1. The van der Waals surface area contributed by atoms with Gasteiger partial charge in [-0.15, -0.1) is 0 Å². The Hall–Kier alpha value is -2.43. The molecule has 1 saturated heterocycles. The Morgan fingerprint density at radius 1 is 1.27 bits per heavy atom. The van der Waals surface area contributed by atoms with Gasteiger partial charge in [0.05, 0.1) is 13.0 Å². The van der Waals surface area contributed by atoms with Gasteiger partial charge in [0.25, 0.3) is 0 Å². The molecule has 22 heavy (non-hydrogen) atoms. The van der Waals surface area contributed by atoms with Crippen molar-refractivity contribution in [2.24, 2.45) is 0 Å². The quantitative estimate of drug-likeness (QED) is 0.867. The normalized spacial score (nSPS) is 18.0. The van der Waals surface area contributed by atoms with Crippen LogP contribution in [-0.2, 0) is 11.2 Å². The van der Waals surface area contributed by atoms with Crippen molar-refractivity contribution in [1.82, 2.24) is 14.9 Å². The zero-order chi connectivity index (χ0) is 15.2. The van der Waals surface area contributed by atoms with Crippen molar-refractivity contribution in [3.05, 3.63) is 54.5 Å². The van der Waals surface area contributed by atoms with E-state index in [2.05, 4.69) is 9.97 Å². The number of amides is 1. The van der Waals surface area contributed by atoms with Gasteiger partial charge >= 0.3 is 0 Å². The Morgan fingerprint density at radius 3 is 2.91 bits per heavy atom. The molecular weight excluding hydrogens is 278 g/mol. The van der Waals surface area contributed by atoms with Crippen LogP contribution in [0.3, 0.4) is 0 Å². The van der Waals surface area contributed by atoms with Crippen LogP contribution in [0.5, 0.6) is 5.88 Å². The Kier molecular flexibility index (Phi) is 4.63. The average Bonchev–Trinajstić information content (AvgIpc) is 2.57. The number of carbonyl (C=O) groups is 1. The molecule has 1 amide bonds. The Bertz CT molecular complexity index is 604. The summed E-state index contributed by atoms with van der Waals surface area (Å²) < 4.78 is 5.84. The third-order valence-electron chi connectivity index (χ3n) is 3.77. The van der Waals surface area contributed by atoms with Crippen molar-refractivity contribution in [3.8, 4) is 5.88 Å². The molecule has 5 heteroatoms. The van der Waals surface area contributed by atoms with E-state index in [1.807, 2.05) is 35.2 Å². The van der Waals surface area contributed by atoms with Gasteiger partial charge in [0.1, 0.15) is 12.4 Å². The zero-order valence-corrected chi connectivity index (χ0v) is 12.4. The predicted molar refractivity (Wildman–Crippen MR) is 82.4 cm³/mol. The van der Waals surface area contributed by atoms with Crippen LogP contribution < -0.4 is 4.74 Å². The van der Waals surface area contributed by atoms with Gasteiger partial charge in [0, 0.05) is 18.8 Å². The third kappa shape index (κ3) is 3.81. The monoisotopic (exact) mass is 297 g/mol. The van der Waals surface area contributed by atoms with Crippen molar-refractivity contribution in [2.75, 3.05) is 13.1 Å². The number of hydrogen-bond donors (Lipinski definition) is 0. The SMILES string of the molecule is O=C(Cc1ccccc1)N1CCC[C@H](Oc2ccncn2)C1. The molecule has 0 spiro atoms. The number of hydrogen-bond acceptors (Lipinski definition) is 4. The van der Waals surface area contributed by atoms with Crippen LogP contribution in [0.25, 0.3) is 0 Å². The first-order chi connectivity index (χ1) is 10.8. The fourth-order valence-corrected chi connectivity index (χ4v) is 2.66. The smallest absolute Gasteiger partial charge is 0.227 e. The lowest BCUT2D eigenvalue weighted by molar-refractivity contribution is -0.133. The van der Waals surface area contributed by atoms with Gasteiger partial charge in [-0.2, -0.15) is 0 Å². The average molecular weight is 297 g/mol. The molecule has 114 valence electrons. The molecule has 0 radical (unpaired) electrons. The van der Waals surface area contributed by atoms with Crippen LogP contribution in [0.2, 0.25) is 0 Å². The molecule has 0 N–H and O–H groups in total. The standard InChI is InChI=1S/C17H19N3O2/c21-17(11-14-5-2-1-3-6-14)20-10-4-7-15(12-20)22-16-8-9-18-13-19-16/h1-3,5-6,8-9,13,15H,4,7,10-12H2/t15-/m0/s1. The second-order valence-electron chi connectivity index (χ2n) is 5.43. The van der Waals surface area contributed by atoms with E-state index in [4.69, 9.17) is 4.74 Å². The van der Waals surface area contributed by atoms with E-state index < -0.39 is 0 Å². The summed E-state index contributed by atoms with van der Waals surface area (Å²) in [5.41, 5.74) is 1.05. The van der Waals surface area contributed by atoms with Gasteiger partial charge in [0.15, 0.2) is 0 Å². The van der Waals surface area contributed by atoms with Crippen LogP contribution in [0, 0.1) is 0 Å². The number of nitrogens with zero attached hydrogens (tertiary/aromatic N) is 3. The number of ether oxygens (including phenoxy) is 1. The molecule has 1 aromatic carbocycles. The number of benzene rings is 1. The highest BCUT2D eigenvalue weighted by Crippen LogP contribution is 2.17. The maximum atomic E-state index is 12.4. The molecule has 0 saturated carbocycles. The number of piperidine rings is 1. The lowest BCUT2D eigenvalue weighted by Crippen LogP contribution is -2.45. The molecule has 0 bridgehead atoms. The molecular formula is C17H19N3O2. The lowest BCUT2D eigenvalue weighted by Gasteiger charge is -2.32. The summed E-state index contributed by atoms with van der Waals surface area (Å²) in [6, 6.07) is 11.6. The van der Waals surface area contributed by atoms with Crippen molar-refractivity contribution in [1.29, 1.82) is 0 Å². The fraction of sp³-hybridized carbons (Fsp3) is 0.353. The number of carbonyl (C=O) groups excluding carboxylic acids is 1. The Morgan fingerprint density at radius 2 is 2.14 bits per heavy atom. The van der Waals surface area contributed by atoms with E-state index in [9.17, 15) is 4.79 Å². The van der Waals surface area contributed by atoms with Crippen molar-refractivity contribution < 1.29 is 9.53 Å². The minimum atomic E-state index is 0.00312. The van der Waals surface area contributed by atoms with E-state index in [0.717, 1.165) is 24.9 Å². The van der Waals surface area contributed by atoms with Gasteiger partial charge in [-0.05, 0) is 18.4 Å². The summed E-state index contributed by atoms with van der Waals surface area (Å²) in [5.74, 6) is 0.722. The summed E-state index contributed by atoms with van der Waals surface area (Å²) in [5, 5.41) is 0. The molecule has 0 aliphatic carbocycles. The maximum Gasteiger partial charge on any atom is 0.227 e. The third-order valence-corrected chi connectivity index (χ3v) is 3.77. The summed E-state index contributed by atoms with van der Waals surface area (Å²) >= 11 is 0. The van der Waals surface area contributed by atoms with Crippen LogP contribution in [-0.4, -0.2) is 40.0 Å². The number of rotatable bonds is 4. The summed E-state index contributed by atoms with van der Waals surface area (Å²) in [7, 11) is 0. The minimum absolute atomic E-state index is 0.00312. The van der Waals surface area contributed by atoms with Crippen LogP contribution in [0.1, 0.15) is 18.4 Å². The highest BCUT2D eigenvalue weighted by atomic mass is 16.5. The lowest BCUT2D eigenvalue weighted by atomic mass is 10.1. The highest BCUT2D eigenvalue weighted by Gasteiger charge is 2.25. The topological polar surface area (TPSA) is 55.3 Å². The molecule has 2 heterocycles. The van der Waals surface area contributed by atoms with Crippen molar-refractivity contribution in [3.63, 3.8) is 0 Å². The molecule has 1 atom stereocenters. The van der Waals surface area contributed by atoms with Gasteiger partial charge in [-0.1, -0.05) is 30.3 Å². The van der Waals surface area contributed by atoms with Gasteiger partial charge < -0.3 is 9.64 Å². The molecule has 2 aromatic rings. The first-order valence-corrected chi connectivity index (χ1v) is 7.55. The van der Waals surface area contributed by atoms with E-state index in [0.29, 0.717) is 18.8 Å².